The molecule has 0 spiro atoms. The molecule has 4 heteroatoms. The summed E-state index contributed by atoms with van der Waals surface area (Å²) in [5.74, 6) is -0.826. The molecular weight excluding hydrogens is 183 g/mol. The smallest absolute Gasteiger partial charge is 0.150 e. The highest BCUT2D eigenvalue weighted by Crippen LogP contribution is 2.15. The first-order valence-electron chi connectivity index (χ1n) is 4.02. The van der Waals surface area contributed by atoms with E-state index in [0.29, 0.717) is 5.56 Å². The van der Waals surface area contributed by atoms with Gasteiger partial charge in [-0.05, 0) is 24.6 Å². The van der Waals surface area contributed by atoms with Crippen LogP contribution in [0.5, 0.6) is 0 Å². The zero-order valence-electron chi connectivity index (χ0n) is 7.62. The van der Waals surface area contributed by atoms with Crippen LogP contribution in [0.1, 0.15) is 24.1 Å². The van der Waals surface area contributed by atoms with Crippen LogP contribution in [0, 0.1) is 17.1 Å². The number of rotatable bonds is 2. The molecule has 14 heavy (non-hydrogen) atoms. The summed E-state index contributed by atoms with van der Waals surface area (Å²) in [6, 6.07) is 4.73. The minimum atomic E-state index is -0.789. The van der Waals surface area contributed by atoms with Gasteiger partial charge in [0.1, 0.15) is 11.9 Å². The molecule has 1 rings (SSSR count). The van der Waals surface area contributed by atoms with E-state index in [2.05, 4.69) is 0 Å². The summed E-state index contributed by atoms with van der Waals surface area (Å²) >= 11 is 0. The van der Waals surface area contributed by atoms with Crippen molar-refractivity contribution >= 4 is 5.78 Å². The highest BCUT2D eigenvalue weighted by Gasteiger charge is 2.12. The van der Waals surface area contributed by atoms with Crippen molar-refractivity contribution in [1.29, 1.82) is 5.26 Å². The van der Waals surface area contributed by atoms with Gasteiger partial charge in [-0.25, -0.2) is 4.39 Å². The molecule has 72 valence electrons. The number of hydrogen-bond donors (Lipinski definition) is 1. The Kier molecular flexibility index (Phi) is 2.95. The van der Waals surface area contributed by atoms with E-state index in [4.69, 9.17) is 11.0 Å². The Hall–Kier alpha value is -1.73. The van der Waals surface area contributed by atoms with Gasteiger partial charge in [-0.2, -0.15) is 5.26 Å². The van der Waals surface area contributed by atoms with Crippen LogP contribution in [0.3, 0.4) is 0 Å². The topological polar surface area (TPSA) is 66.9 Å². The number of nitrogens with two attached hydrogens (primary N) is 1. The molecule has 3 nitrogen and oxygen atoms in total. The van der Waals surface area contributed by atoms with Crippen molar-refractivity contribution in [3.8, 4) is 6.07 Å². The standard InChI is InChI=1S/C10H9FN2O/c1-6(14)10(13)7-2-3-9(11)8(4-7)5-12/h2-4,10H,13H2,1H3. The Balaban J connectivity index is 3.14. The Bertz CT molecular complexity index is 409. The Morgan fingerprint density at radius 3 is 2.79 bits per heavy atom. The van der Waals surface area contributed by atoms with E-state index in [0.717, 1.165) is 6.07 Å². The molecule has 0 aliphatic rings. The maximum Gasteiger partial charge on any atom is 0.150 e. The number of nitrogens with zero attached hydrogens (tertiary/aromatic N) is 1. The average molecular weight is 192 g/mol. The van der Waals surface area contributed by atoms with Crippen LogP contribution in [-0.4, -0.2) is 5.78 Å². The number of nitriles is 1. The lowest BCUT2D eigenvalue weighted by atomic mass is 10.0. The highest BCUT2D eigenvalue weighted by molar-refractivity contribution is 5.82. The second kappa shape index (κ2) is 3.99. The van der Waals surface area contributed by atoms with Gasteiger partial charge < -0.3 is 5.73 Å². The van der Waals surface area contributed by atoms with Crippen LogP contribution in [0.15, 0.2) is 18.2 Å². The van der Waals surface area contributed by atoms with Gasteiger partial charge in [-0.3, -0.25) is 4.79 Å². The molecule has 0 radical (unpaired) electrons. The quantitative estimate of drug-likeness (QED) is 0.767. The molecule has 1 unspecified atom stereocenters. The predicted molar refractivity (Wildman–Crippen MR) is 48.7 cm³/mol. The fourth-order valence-corrected chi connectivity index (χ4v) is 1.06. The van der Waals surface area contributed by atoms with Gasteiger partial charge in [-0.15, -0.1) is 0 Å². The number of carbonyl (C=O) groups is 1. The van der Waals surface area contributed by atoms with E-state index in [1.54, 1.807) is 6.07 Å². The summed E-state index contributed by atoms with van der Waals surface area (Å²) in [5.41, 5.74) is 5.89. The Labute approximate surface area is 81.0 Å². The lowest BCUT2D eigenvalue weighted by molar-refractivity contribution is -0.118. The number of hydrogen-bond acceptors (Lipinski definition) is 3. The van der Waals surface area contributed by atoms with E-state index < -0.39 is 11.9 Å². The maximum absolute atomic E-state index is 12.9. The summed E-state index contributed by atoms with van der Waals surface area (Å²) in [7, 11) is 0. The van der Waals surface area contributed by atoms with Crippen molar-refractivity contribution in [2.45, 2.75) is 13.0 Å². The van der Waals surface area contributed by atoms with Gasteiger partial charge in [0.2, 0.25) is 0 Å². The minimum absolute atomic E-state index is 0.0980. The third-order valence-corrected chi connectivity index (χ3v) is 1.91. The van der Waals surface area contributed by atoms with E-state index >= 15 is 0 Å². The van der Waals surface area contributed by atoms with Crippen LogP contribution >= 0.6 is 0 Å². The van der Waals surface area contributed by atoms with Crippen molar-refractivity contribution in [2.75, 3.05) is 0 Å². The molecule has 0 aliphatic carbocycles. The average Bonchev–Trinajstić information content (AvgIpc) is 2.17. The van der Waals surface area contributed by atoms with E-state index in [1.807, 2.05) is 0 Å². The predicted octanol–water partition coefficient (Wildman–Crippen LogP) is 1.29. The molecule has 0 saturated carbocycles. The van der Waals surface area contributed by atoms with Crippen LogP contribution in [0.4, 0.5) is 4.39 Å². The fraction of sp³-hybridized carbons (Fsp3) is 0.200. The molecule has 0 aliphatic heterocycles. The molecular formula is C10H9FN2O. The molecule has 0 heterocycles. The van der Waals surface area contributed by atoms with Crippen LogP contribution < -0.4 is 5.73 Å². The van der Waals surface area contributed by atoms with Crippen LogP contribution in [0.25, 0.3) is 0 Å². The maximum atomic E-state index is 12.9. The zero-order chi connectivity index (χ0) is 10.7. The van der Waals surface area contributed by atoms with Gasteiger partial charge in [0, 0.05) is 0 Å². The molecule has 1 aromatic rings. The first kappa shape index (κ1) is 10.4. The number of Topliss-reactive ketones (excluding diaryl/α,β-unsaturated/α-hetero) is 1. The van der Waals surface area contributed by atoms with Gasteiger partial charge in [0.15, 0.2) is 5.78 Å². The molecule has 0 amide bonds. The zero-order valence-corrected chi connectivity index (χ0v) is 7.62. The third kappa shape index (κ3) is 1.95. The van der Waals surface area contributed by atoms with Crippen molar-refractivity contribution in [3.05, 3.63) is 35.1 Å². The molecule has 0 bridgehead atoms. The van der Waals surface area contributed by atoms with Crippen LogP contribution in [0.2, 0.25) is 0 Å². The van der Waals surface area contributed by atoms with Gasteiger partial charge in [0.25, 0.3) is 0 Å². The van der Waals surface area contributed by atoms with E-state index in [9.17, 15) is 9.18 Å². The largest absolute Gasteiger partial charge is 0.318 e. The summed E-state index contributed by atoms with van der Waals surface area (Å²) in [6.07, 6.45) is 0. The second-order valence-corrected chi connectivity index (χ2v) is 2.94. The molecule has 0 aromatic heterocycles. The van der Waals surface area contributed by atoms with Gasteiger partial charge >= 0.3 is 0 Å². The summed E-state index contributed by atoms with van der Waals surface area (Å²) in [5, 5.41) is 8.55. The van der Waals surface area contributed by atoms with Crippen molar-refractivity contribution in [1.82, 2.24) is 0 Å². The second-order valence-electron chi connectivity index (χ2n) is 2.94. The monoisotopic (exact) mass is 192 g/mol. The Morgan fingerprint density at radius 1 is 1.64 bits per heavy atom. The number of carbonyl (C=O) groups excluding carboxylic acids is 1. The fourth-order valence-electron chi connectivity index (χ4n) is 1.06. The van der Waals surface area contributed by atoms with Gasteiger partial charge in [0.05, 0.1) is 11.6 Å². The molecule has 2 N–H and O–H groups in total. The summed E-state index contributed by atoms with van der Waals surface area (Å²) in [4.78, 5) is 10.9. The number of benzene rings is 1. The highest BCUT2D eigenvalue weighted by atomic mass is 19.1. The first-order chi connectivity index (χ1) is 6.56. The normalized spacial score (nSPS) is 11.9. The Morgan fingerprint density at radius 2 is 2.29 bits per heavy atom. The lowest BCUT2D eigenvalue weighted by Gasteiger charge is -2.07. The minimum Gasteiger partial charge on any atom is -0.318 e. The molecule has 0 fully saturated rings. The van der Waals surface area contributed by atoms with Crippen molar-refractivity contribution in [2.24, 2.45) is 5.73 Å². The molecule has 0 saturated heterocycles. The third-order valence-electron chi connectivity index (χ3n) is 1.91. The van der Waals surface area contributed by atoms with Crippen LogP contribution in [-0.2, 0) is 4.79 Å². The summed E-state index contributed by atoms with van der Waals surface area (Å²) in [6.45, 7) is 1.35. The molecule has 1 aromatic carbocycles. The van der Waals surface area contributed by atoms with Gasteiger partial charge in [-0.1, -0.05) is 6.07 Å². The van der Waals surface area contributed by atoms with Crippen molar-refractivity contribution < 1.29 is 9.18 Å². The lowest BCUT2D eigenvalue weighted by Crippen LogP contribution is -2.18. The molecule has 1 atom stereocenters. The number of halogens is 1. The van der Waals surface area contributed by atoms with E-state index in [-0.39, 0.29) is 11.3 Å². The first-order valence-corrected chi connectivity index (χ1v) is 4.02. The SMILES string of the molecule is CC(=O)C(N)c1ccc(F)c(C#N)c1. The summed E-state index contributed by atoms with van der Waals surface area (Å²) < 4.78 is 12.9. The van der Waals surface area contributed by atoms with E-state index in [1.165, 1.54) is 19.1 Å². The number of ketones is 1. The van der Waals surface area contributed by atoms with Crippen molar-refractivity contribution in [3.63, 3.8) is 0 Å².